The zero-order valence-corrected chi connectivity index (χ0v) is 5.92. The van der Waals surface area contributed by atoms with Gasteiger partial charge in [-0.15, -0.1) is 0 Å². The highest BCUT2D eigenvalue weighted by atomic mass is 16.2. The van der Waals surface area contributed by atoms with Gasteiger partial charge in [0.05, 0.1) is 4.11 Å². The van der Waals surface area contributed by atoms with Crippen molar-refractivity contribution in [3.05, 3.63) is 0 Å². The molecule has 1 saturated carbocycles. The van der Waals surface area contributed by atoms with Crippen molar-refractivity contribution in [2.24, 2.45) is 5.92 Å². The minimum Gasteiger partial charge on any atom is -0.340 e. The molecule has 1 unspecified atom stereocenters. The fourth-order valence-electron chi connectivity index (χ4n) is 0.899. The van der Waals surface area contributed by atoms with Crippen LogP contribution in [0.2, 0.25) is 0 Å². The molecule has 1 aliphatic heterocycles. The van der Waals surface area contributed by atoms with Crippen molar-refractivity contribution < 1.29 is 14.4 Å². The average molecular weight is 161 g/mol. The first-order chi connectivity index (χ1) is 8.01. The van der Waals surface area contributed by atoms with Crippen LogP contribution in [0.4, 0.5) is 0 Å². The maximum atomic E-state index is 12.0. The zero-order valence-electron chi connectivity index (χ0n) is 12.9. The first-order valence-corrected chi connectivity index (χ1v) is 3.55. The molecule has 0 aromatic rings. The normalized spacial score (nSPS) is 55.1. The van der Waals surface area contributed by atoms with Crippen LogP contribution in [-0.2, 0) is 4.79 Å². The van der Waals surface area contributed by atoms with Crippen molar-refractivity contribution in [2.75, 3.05) is 26.0 Å². The van der Waals surface area contributed by atoms with E-state index in [0.29, 0.717) is 17.7 Å². The Kier molecular flexibility index (Phi) is 0.699. The molecule has 0 radical (unpaired) electrons. The lowest BCUT2D eigenvalue weighted by atomic mass is 10.3. The van der Waals surface area contributed by atoms with E-state index in [9.17, 15) is 4.79 Å². The van der Waals surface area contributed by atoms with E-state index in [4.69, 9.17) is 9.60 Å². The lowest BCUT2D eigenvalue weighted by Crippen LogP contribution is -2.46. The van der Waals surface area contributed by atoms with Gasteiger partial charge in [0.15, 0.2) is 0 Å². The second-order valence-electron chi connectivity index (χ2n) is 2.62. The number of rotatable bonds is 1. The molecule has 62 valence electrons. The average Bonchev–Trinajstić information content (AvgIpc) is 2.96. The van der Waals surface area contributed by atoms with E-state index in [1.54, 1.807) is 0 Å². The first-order valence-electron chi connectivity index (χ1n) is 7.13. The lowest BCUT2D eigenvalue weighted by Gasteiger charge is -2.27. The van der Waals surface area contributed by atoms with Crippen molar-refractivity contribution in [3.63, 3.8) is 0 Å². The largest absolute Gasteiger partial charge is 0.340 e. The van der Waals surface area contributed by atoms with Gasteiger partial charge >= 0.3 is 0 Å². The molecule has 0 bridgehead atoms. The van der Waals surface area contributed by atoms with Gasteiger partial charge in [-0.3, -0.25) is 4.79 Å². The van der Waals surface area contributed by atoms with Gasteiger partial charge in [-0.25, -0.2) is 0 Å². The first kappa shape index (κ1) is 2.73. The maximum Gasteiger partial charge on any atom is 0.225 e. The van der Waals surface area contributed by atoms with Crippen molar-refractivity contribution in [2.45, 2.75) is 12.8 Å². The molecule has 1 heterocycles. The standard InChI is InChI=1S/C8H14N2O/c11-8(7-1-2-7)10-5-3-9-4-6-10/h7,9H,1-6H2/i3D2,4D2,5D,6D2. The molecular formula is C8H14N2O. The monoisotopic (exact) mass is 161 g/mol. The number of hydrogen-bond donors (Lipinski definition) is 1. The van der Waals surface area contributed by atoms with E-state index in [1.165, 1.54) is 0 Å². The van der Waals surface area contributed by atoms with Gasteiger partial charge in [-0.05, 0) is 12.8 Å². The summed E-state index contributed by atoms with van der Waals surface area (Å²) in [4.78, 5) is 12.4. The van der Waals surface area contributed by atoms with Crippen LogP contribution in [0, 0.1) is 5.92 Å². The van der Waals surface area contributed by atoms with Gasteiger partial charge in [-0.2, -0.15) is 0 Å². The molecule has 0 spiro atoms. The summed E-state index contributed by atoms with van der Waals surface area (Å²) in [6, 6.07) is 0. The third-order valence-electron chi connectivity index (χ3n) is 1.67. The van der Waals surface area contributed by atoms with Crippen LogP contribution < -0.4 is 5.32 Å². The molecule has 0 aromatic carbocycles. The van der Waals surface area contributed by atoms with E-state index in [0.717, 1.165) is 0 Å². The Balaban J connectivity index is 2.40. The highest BCUT2D eigenvalue weighted by Crippen LogP contribution is 2.30. The van der Waals surface area contributed by atoms with E-state index in [2.05, 4.69) is 0 Å². The number of carbonyl (C=O) groups is 1. The van der Waals surface area contributed by atoms with E-state index >= 15 is 0 Å². The Morgan fingerprint density at radius 1 is 1.55 bits per heavy atom. The topological polar surface area (TPSA) is 32.3 Å². The lowest BCUT2D eigenvalue weighted by molar-refractivity contribution is -0.133. The Morgan fingerprint density at radius 2 is 2.36 bits per heavy atom. The summed E-state index contributed by atoms with van der Waals surface area (Å²) in [5.74, 6) is -1.09. The summed E-state index contributed by atoms with van der Waals surface area (Å²) in [6.07, 6.45) is 1.16. The van der Waals surface area contributed by atoms with Crippen molar-refractivity contribution in [1.29, 1.82) is 0 Å². The molecule has 1 amide bonds. The third kappa shape index (κ3) is 1.53. The van der Waals surface area contributed by atoms with Crippen molar-refractivity contribution in [3.8, 4) is 0 Å². The molecule has 2 aliphatic rings. The van der Waals surface area contributed by atoms with Crippen LogP contribution in [-0.4, -0.2) is 36.8 Å². The summed E-state index contributed by atoms with van der Waals surface area (Å²) in [5.41, 5.74) is 0. The van der Waals surface area contributed by atoms with Crippen LogP contribution in [0.15, 0.2) is 0 Å². The Bertz CT molecular complexity index is 382. The number of hydrogen-bond acceptors (Lipinski definition) is 2. The summed E-state index contributed by atoms with van der Waals surface area (Å²) in [7, 11) is 0. The van der Waals surface area contributed by atoms with Gasteiger partial charge in [0.2, 0.25) is 5.91 Å². The van der Waals surface area contributed by atoms with Crippen LogP contribution in [0.3, 0.4) is 0 Å². The molecule has 1 N–H and O–H groups in total. The maximum absolute atomic E-state index is 12.0. The van der Waals surface area contributed by atoms with Gasteiger partial charge in [-0.1, -0.05) is 0 Å². The van der Waals surface area contributed by atoms with Gasteiger partial charge in [0.25, 0.3) is 0 Å². The number of piperazine rings is 1. The Hall–Kier alpha value is -0.570. The molecule has 0 aromatic heterocycles. The predicted octanol–water partition coefficient (Wildman–Crippen LogP) is -0.172. The minimum absolute atomic E-state index is 0.404. The molecule has 2 fully saturated rings. The van der Waals surface area contributed by atoms with Gasteiger partial charge < -0.3 is 10.2 Å². The SMILES string of the molecule is [2H]C1N(C(=O)C2CC2)C([2H])([2H])C([2H])([2H])NC1([2H])[2H]. The molecule has 1 atom stereocenters. The molecular weight excluding hydrogens is 140 g/mol. The highest BCUT2D eigenvalue weighted by Gasteiger charge is 2.33. The van der Waals surface area contributed by atoms with Crippen LogP contribution in [0.1, 0.15) is 22.4 Å². The summed E-state index contributed by atoms with van der Waals surface area (Å²) < 4.78 is 53.1. The third-order valence-corrected chi connectivity index (χ3v) is 1.67. The highest BCUT2D eigenvalue weighted by molar-refractivity contribution is 5.81. The quantitative estimate of drug-likeness (QED) is 0.579. The van der Waals surface area contributed by atoms with Crippen molar-refractivity contribution >= 4 is 5.91 Å². The molecule has 3 nitrogen and oxygen atoms in total. The molecule has 11 heavy (non-hydrogen) atoms. The van der Waals surface area contributed by atoms with Crippen LogP contribution in [0.25, 0.3) is 0 Å². The summed E-state index contributed by atoms with van der Waals surface area (Å²) >= 11 is 0. The number of amides is 1. The molecule has 2 rings (SSSR count). The Labute approximate surface area is 76.6 Å². The van der Waals surface area contributed by atoms with Crippen molar-refractivity contribution in [1.82, 2.24) is 10.2 Å². The molecule has 1 aliphatic carbocycles. The van der Waals surface area contributed by atoms with E-state index in [-0.39, 0.29) is 0 Å². The van der Waals surface area contributed by atoms with Crippen LogP contribution >= 0.6 is 0 Å². The number of nitrogens with zero attached hydrogens (tertiary/aromatic N) is 1. The predicted molar refractivity (Wildman–Crippen MR) is 42.2 cm³/mol. The second kappa shape index (κ2) is 2.81. The summed E-state index contributed by atoms with van der Waals surface area (Å²) in [5, 5.41) is 1.83. The van der Waals surface area contributed by atoms with E-state index < -0.39 is 37.8 Å². The van der Waals surface area contributed by atoms with Gasteiger partial charge in [0, 0.05) is 37.4 Å². The van der Waals surface area contributed by atoms with Crippen LogP contribution in [0.5, 0.6) is 0 Å². The Morgan fingerprint density at radius 3 is 3.09 bits per heavy atom. The number of carbonyl (C=O) groups excluding carboxylic acids is 1. The fourth-order valence-corrected chi connectivity index (χ4v) is 0.899. The summed E-state index contributed by atoms with van der Waals surface area (Å²) in [6.45, 7) is -9.83. The molecule has 1 saturated heterocycles. The fraction of sp³-hybridized carbons (Fsp3) is 0.875. The van der Waals surface area contributed by atoms with E-state index in [1.807, 2.05) is 5.32 Å². The molecule has 3 heteroatoms. The number of nitrogens with one attached hydrogen (secondary N) is 1. The smallest absolute Gasteiger partial charge is 0.225 e. The second-order valence-corrected chi connectivity index (χ2v) is 2.62. The zero-order chi connectivity index (χ0) is 13.9. The van der Waals surface area contributed by atoms with Gasteiger partial charge in [0.1, 0.15) is 0 Å². The minimum atomic E-state index is -2.76.